The fraction of sp³-hybridized carbons (Fsp3) is 0.538. The predicted octanol–water partition coefficient (Wildman–Crippen LogP) is 2.22. The molecule has 2 rings (SSSR count). The Bertz CT molecular complexity index is 390. The van der Waals surface area contributed by atoms with E-state index in [1.807, 2.05) is 13.0 Å². The van der Waals surface area contributed by atoms with Crippen LogP contribution in [0.3, 0.4) is 0 Å². The van der Waals surface area contributed by atoms with Crippen molar-refractivity contribution in [1.29, 1.82) is 0 Å². The second-order valence-corrected chi connectivity index (χ2v) is 4.41. The highest BCUT2D eigenvalue weighted by molar-refractivity contribution is 5.48. The maximum Gasteiger partial charge on any atom is 0.122 e. The maximum absolute atomic E-state index is 6.01. The standard InChI is InChI=1S/C13H19NO2/c1-8-6-13(16-3)10(7-12(8)15-2)9-4-5-11(9)14/h6-7,9,11H,4-5,14H2,1-3H3/t9-,11-/m0/s1. The monoisotopic (exact) mass is 221 g/mol. The highest BCUT2D eigenvalue weighted by atomic mass is 16.5. The average molecular weight is 221 g/mol. The van der Waals surface area contributed by atoms with Crippen molar-refractivity contribution < 1.29 is 9.47 Å². The van der Waals surface area contributed by atoms with Gasteiger partial charge in [0, 0.05) is 17.5 Å². The third kappa shape index (κ3) is 1.76. The molecule has 0 aliphatic heterocycles. The van der Waals surface area contributed by atoms with Gasteiger partial charge in [0.1, 0.15) is 11.5 Å². The topological polar surface area (TPSA) is 44.5 Å². The lowest BCUT2D eigenvalue weighted by Crippen LogP contribution is -2.37. The molecular weight excluding hydrogens is 202 g/mol. The minimum Gasteiger partial charge on any atom is -0.496 e. The summed E-state index contributed by atoms with van der Waals surface area (Å²) in [7, 11) is 3.40. The zero-order valence-electron chi connectivity index (χ0n) is 10.1. The Morgan fingerprint density at radius 3 is 2.25 bits per heavy atom. The molecule has 0 spiro atoms. The van der Waals surface area contributed by atoms with Gasteiger partial charge >= 0.3 is 0 Å². The fourth-order valence-corrected chi connectivity index (χ4v) is 2.28. The SMILES string of the molecule is COc1cc([C@@H]2CC[C@@H]2N)c(OC)cc1C. The molecule has 0 amide bonds. The molecule has 1 aliphatic carbocycles. The number of hydrogen-bond acceptors (Lipinski definition) is 3. The van der Waals surface area contributed by atoms with Crippen molar-refractivity contribution in [3.8, 4) is 11.5 Å². The molecule has 88 valence electrons. The van der Waals surface area contributed by atoms with Gasteiger partial charge in [0.25, 0.3) is 0 Å². The Morgan fingerprint density at radius 1 is 1.12 bits per heavy atom. The minimum absolute atomic E-state index is 0.265. The summed E-state index contributed by atoms with van der Waals surface area (Å²) in [6.45, 7) is 2.02. The summed E-state index contributed by atoms with van der Waals surface area (Å²) in [5.74, 6) is 2.26. The zero-order valence-corrected chi connectivity index (χ0v) is 10.1. The normalized spacial score (nSPS) is 23.8. The first kappa shape index (κ1) is 11.3. The summed E-state index contributed by atoms with van der Waals surface area (Å²) in [5, 5.41) is 0. The van der Waals surface area contributed by atoms with Gasteiger partial charge in [-0.1, -0.05) is 0 Å². The molecule has 1 fully saturated rings. The second kappa shape index (κ2) is 4.34. The number of benzene rings is 1. The number of nitrogens with two attached hydrogens (primary N) is 1. The lowest BCUT2D eigenvalue weighted by Gasteiger charge is -2.35. The summed E-state index contributed by atoms with van der Waals surface area (Å²) in [4.78, 5) is 0. The highest BCUT2D eigenvalue weighted by Gasteiger charge is 2.31. The summed E-state index contributed by atoms with van der Waals surface area (Å²) < 4.78 is 10.8. The van der Waals surface area contributed by atoms with E-state index in [2.05, 4.69) is 6.07 Å². The smallest absolute Gasteiger partial charge is 0.122 e. The van der Waals surface area contributed by atoms with Gasteiger partial charge in [-0.15, -0.1) is 0 Å². The van der Waals surface area contributed by atoms with E-state index in [9.17, 15) is 0 Å². The van der Waals surface area contributed by atoms with E-state index < -0.39 is 0 Å². The number of ether oxygens (including phenoxy) is 2. The molecule has 3 heteroatoms. The summed E-state index contributed by atoms with van der Waals surface area (Å²) in [5.41, 5.74) is 8.29. The van der Waals surface area contributed by atoms with Crippen molar-refractivity contribution in [3.63, 3.8) is 0 Å². The fourth-order valence-electron chi connectivity index (χ4n) is 2.28. The first-order chi connectivity index (χ1) is 7.67. The van der Waals surface area contributed by atoms with E-state index in [1.165, 1.54) is 5.56 Å². The Balaban J connectivity index is 2.41. The molecule has 3 nitrogen and oxygen atoms in total. The van der Waals surface area contributed by atoms with E-state index in [1.54, 1.807) is 14.2 Å². The second-order valence-electron chi connectivity index (χ2n) is 4.41. The molecule has 0 saturated heterocycles. The Labute approximate surface area is 96.5 Å². The average Bonchev–Trinajstić information content (AvgIpc) is 2.28. The van der Waals surface area contributed by atoms with Gasteiger partial charge < -0.3 is 15.2 Å². The largest absolute Gasteiger partial charge is 0.496 e. The first-order valence-electron chi connectivity index (χ1n) is 5.65. The summed E-state index contributed by atoms with van der Waals surface area (Å²) in [6, 6.07) is 4.36. The van der Waals surface area contributed by atoms with Gasteiger partial charge in [-0.2, -0.15) is 0 Å². The van der Waals surface area contributed by atoms with Crippen LogP contribution < -0.4 is 15.2 Å². The van der Waals surface area contributed by atoms with E-state index in [-0.39, 0.29) is 6.04 Å². The van der Waals surface area contributed by atoms with Crippen LogP contribution in [0.4, 0.5) is 0 Å². The molecule has 0 aromatic heterocycles. The third-order valence-electron chi connectivity index (χ3n) is 3.47. The molecule has 1 saturated carbocycles. The van der Waals surface area contributed by atoms with Crippen molar-refractivity contribution in [2.45, 2.75) is 31.7 Å². The molecule has 0 heterocycles. The molecule has 16 heavy (non-hydrogen) atoms. The van der Waals surface area contributed by atoms with Gasteiger partial charge in [0.2, 0.25) is 0 Å². The molecule has 0 radical (unpaired) electrons. The Kier molecular flexibility index (Phi) is 3.06. The van der Waals surface area contributed by atoms with Crippen molar-refractivity contribution in [2.24, 2.45) is 5.73 Å². The third-order valence-corrected chi connectivity index (χ3v) is 3.47. The van der Waals surface area contributed by atoms with Crippen LogP contribution in [0.25, 0.3) is 0 Å². The number of hydrogen-bond donors (Lipinski definition) is 1. The van der Waals surface area contributed by atoms with Gasteiger partial charge in [0.15, 0.2) is 0 Å². The van der Waals surface area contributed by atoms with E-state index in [0.29, 0.717) is 5.92 Å². The van der Waals surface area contributed by atoms with Crippen molar-refractivity contribution in [3.05, 3.63) is 23.3 Å². The van der Waals surface area contributed by atoms with Crippen LogP contribution in [0.2, 0.25) is 0 Å². The van der Waals surface area contributed by atoms with E-state index >= 15 is 0 Å². The highest BCUT2D eigenvalue weighted by Crippen LogP contribution is 2.42. The molecule has 2 atom stereocenters. The molecule has 1 aromatic carbocycles. The Morgan fingerprint density at radius 2 is 1.81 bits per heavy atom. The maximum atomic E-state index is 6.01. The lowest BCUT2D eigenvalue weighted by molar-refractivity contribution is 0.326. The minimum atomic E-state index is 0.265. The van der Waals surface area contributed by atoms with E-state index in [4.69, 9.17) is 15.2 Å². The molecule has 1 aliphatic rings. The van der Waals surface area contributed by atoms with Gasteiger partial charge in [-0.05, 0) is 37.5 Å². The molecule has 1 aromatic rings. The van der Waals surface area contributed by atoms with Crippen molar-refractivity contribution in [1.82, 2.24) is 0 Å². The quantitative estimate of drug-likeness (QED) is 0.851. The van der Waals surface area contributed by atoms with Crippen LogP contribution in [0.1, 0.15) is 29.9 Å². The van der Waals surface area contributed by atoms with Gasteiger partial charge in [-0.3, -0.25) is 0 Å². The van der Waals surface area contributed by atoms with Crippen molar-refractivity contribution in [2.75, 3.05) is 14.2 Å². The Hall–Kier alpha value is -1.22. The first-order valence-corrected chi connectivity index (χ1v) is 5.65. The number of aryl methyl sites for hydroxylation is 1. The van der Waals surface area contributed by atoms with Gasteiger partial charge in [0.05, 0.1) is 14.2 Å². The zero-order chi connectivity index (χ0) is 11.7. The van der Waals surface area contributed by atoms with Crippen molar-refractivity contribution >= 4 is 0 Å². The van der Waals surface area contributed by atoms with E-state index in [0.717, 1.165) is 29.9 Å². The molecular formula is C13H19NO2. The number of methoxy groups -OCH3 is 2. The lowest BCUT2D eigenvalue weighted by atomic mass is 9.75. The van der Waals surface area contributed by atoms with Crippen LogP contribution in [0, 0.1) is 6.92 Å². The van der Waals surface area contributed by atoms with Crippen LogP contribution in [-0.2, 0) is 0 Å². The molecule has 0 bridgehead atoms. The summed E-state index contributed by atoms with van der Waals surface area (Å²) >= 11 is 0. The van der Waals surface area contributed by atoms with Crippen LogP contribution in [-0.4, -0.2) is 20.3 Å². The summed E-state index contributed by atoms with van der Waals surface area (Å²) in [6.07, 6.45) is 2.24. The number of rotatable bonds is 3. The van der Waals surface area contributed by atoms with Crippen LogP contribution in [0.5, 0.6) is 11.5 Å². The van der Waals surface area contributed by atoms with Crippen LogP contribution >= 0.6 is 0 Å². The predicted molar refractivity (Wildman–Crippen MR) is 64.2 cm³/mol. The van der Waals surface area contributed by atoms with Crippen LogP contribution in [0.15, 0.2) is 12.1 Å². The molecule has 0 unspecified atom stereocenters. The van der Waals surface area contributed by atoms with Gasteiger partial charge in [-0.25, -0.2) is 0 Å². The molecule has 2 N–H and O–H groups in total.